The number of fused-ring (bicyclic) bond motifs is 1. The number of benzene rings is 1. The summed E-state index contributed by atoms with van der Waals surface area (Å²) in [6.07, 6.45) is 2.53. The zero-order valence-corrected chi connectivity index (χ0v) is 29.0. The van der Waals surface area contributed by atoms with Crippen LogP contribution in [0.3, 0.4) is 0 Å². The van der Waals surface area contributed by atoms with Gasteiger partial charge >= 0.3 is 5.97 Å². The molecule has 0 radical (unpaired) electrons. The van der Waals surface area contributed by atoms with E-state index >= 15 is 0 Å². The van der Waals surface area contributed by atoms with Crippen molar-refractivity contribution in [3.63, 3.8) is 0 Å². The number of aliphatic carboxylic acids is 1. The average Bonchev–Trinajstić information content (AvgIpc) is 3.48. The number of amides is 5. The van der Waals surface area contributed by atoms with Gasteiger partial charge in [-0.2, -0.15) is 0 Å². The summed E-state index contributed by atoms with van der Waals surface area (Å²) in [5, 5.41) is 20.4. The molecular formula is C35H48N7O8+. The maximum Gasteiger partial charge on any atom is 0.305 e. The van der Waals surface area contributed by atoms with Gasteiger partial charge in [-0.3, -0.25) is 28.8 Å². The minimum Gasteiger partial charge on any atom is -0.481 e. The first kappa shape index (κ1) is 37.9. The molecule has 4 atom stereocenters. The Bertz CT molecular complexity index is 1640. The highest BCUT2D eigenvalue weighted by Gasteiger charge is 2.37. The van der Waals surface area contributed by atoms with Gasteiger partial charge in [0, 0.05) is 29.7 Å². The predicted octanol–water partition coefficient (Wildman–Crippen LogP) is -0.292. The molecule has 4 rings (SSSR count). The molecular weight excluding hydrogens is 646 g/mol. The Morgan fingerprint density at radius 1 is 1.00 bits per heavy atom. The van der Waals surface area contributed by atoms with Crippen molar-refractivity contribution >= 4 is 46.4 Å². The number of likely N-dealkylation sites (N-methyl/N-ethyl adjacent to an activating group) is 2. The molecule has 2 saturated heterocycles. The third kappa shape index (κ3) is 10.1. The minimum atomic E-state index is -1.58. The summed E-state index contributed by atoms with van der Waals surface area (Å²) in [4.78, 5) is 83.6. The van der Waals surface area contributed by atoms with Crippen molar-refractivity contribution in [1.29, 1.82) is 0 Å². The van der Waals surface area contributed by atoms with Crippen molar-refractivity contribution in [2.45, 2.75) is 63.7 Å². The first-order valence-corrected chi connectivity index (χ1v) is 16.9. The summed E-state index contributed by atoms with van der Waals surface area (Å²) in [5.41, 5.74) is 1.36. The third-order valence-electron chi connectivity index (χ3n) is 9.22. The number of nitrogens with one attached hydrogen (secondary N) is 5. The van der Waals surface area contributed by atoms with Gasteiger partial charge in [-0.15, -0.1) is 0 Å². The number of hydrogen-bond acceptors (Lipinski definition) is 7. The molecule has 50 heavy (non-hydrogen) atoms. The minimum absolute atomic E-state index is 0.276. The molecule has 15 nitrogen and oxygen atoms in total. The molecule has 0 bridgehead atoms. The Morgan fingerprint density at radius 2 is 1.72 bits per heavy atom. The van der Waals surface area contributed by atoms with E-state index < -0.39 is 78.6 Å². The van der Waals surface area contributed by atoms with Crippen LogP contribution in [0.2, 0.25) is 0 Å². The molecule has 6 N–H and O–H groups in total. The van der Waals surface area contributed by atoms with Crippen LogP contribution in [0.5, 0.6) is 0 Å². The van der Waals surface area contributed by atoms with Crippen molar-refractivity contribution in [1.82, 2.24) is 31.2 Å². The fourth-order valence-corrected chi connectivity index (χ4v) is 6.29. The van der Waals surface area contributed by atoms with Gasteiger partial charge in [0.15, 0.2) is 6.04 Å². The SMILES string of the molecule is CC(C)C1C(=O)NC(CCCC[N+]2(C)CCOCC2)C(=O)NCC(=O)NC(CC(=O)O)C(=O)NC(C#Cc2c[nH]c3ccccc23)C(=O)N1C. The molecule has 2 aromatic rings. The molecule has 0 saturated carbocycles. The summed E-state index contributed by atoms with van der Waals surface area (Å²) in [7, 11) is 3.57. The van der Waals surface area contributed by atoms with Crippen LogP contribution in [0, 0.1) is 17.8 Å². The van der Waals surface area contributed by atoms with E-state index in [1.165, 1.54) is 11.9 Å². The molecule has 5 amide bonds. The second-order valence-electron chi connectivity index (χ2n) is 13.5. The molecule has 1 aromatic heterocycles. The number of rotatable bonds is 8. The normalized spacial score (nSPS) is 23.9. The number of ether oxygens (including phenoxy) is 1. The molecule has 15 heteroatoms. The Balaban J connectivity index is 1.64. The number of carboxylic acid groups (broad SMARTS) is 1. The van der Waals surface area contributed by atoms with E-state index in [1.54, 1.807) is 20.0 Å². The van der Waals surface area contributed by atoms with E-state index in [0.717, 1.165) is 41.4 Å². The van der Waals surface area contributed by atoms with E-state index in [2.05, 4.69) is 45.1 Å². The first-order valence-electron chi connectivity index (χ1n) is 16.9. The summed E-state index contributed by atoms with van der Waals surface area (Å²) < 4.78 is 6.33. The highest BCUT2D eigenvalue weighted by Crippen LogP contribution is 2.18. The lowest BCUT2D eigenvalue weighted by Gasteiger charge is -2.37. The number of carbonyl (C=O) groups excluding carboxylic acids is 5. The Morgan fingerprint density at radius 3 is 2.42 bits per heavy atom. The van der Waals surface area contributed by atoms with Gasteiger partial charge in [-0.05, 0) is 31.2 Å². The standard InChI is InChI=1S/C35H47N7O8/c1-22(2)31-34(48)39-26(11-7-8-14-42(4)15-17-50-18-16-42)32(46)37-21-29(43)38-28(19-30(44)45)33(47)40-27(35(49)41(31)3)13-12-23-20-36-25-10-6-5-9-24(23)25/h5-6,9-10,20,22,26-28,31,36H,7-8,11,14-19,21H2,1-4H3,(H4-,37,38,39,40,43,44,45,46,47,48)/p+1. The largest absolute Gasteiger partial charge is 0.481 e. The molecule has 2 aliphatic rings. The molecule has 0 spiro atoms. The van der Waals surface area contributed by atoms with Crippen molar-refractivity contribution in [3.05, 3.63) is 36.0 Å². The smallest absolute Gasteiger partial charge is 0.305 e. The predicted molar refractivity (Wildman–Crippen MR) is 183 cm³/mol. The van der Waals surface area contributed by atoms with Gasteiger partial charge in [0.05, 0.1) is 39.8 Å². The fourth-order valence-electron chi connectivity index (χ4n) is 6.29. The number of para-hydroxylation sites is 1. The fraction of sp³-hybridized carbons (Fsp3) is 0.543. The van der Waals surface area contributed by atoms with E-state index in [9.17, 15) is 33.9 Å². The van der Waals surface area contributed by atoms with Crippen molar-refractivity contribution in [2.75, 3.05) is 53.5 Å². The Hall–Kier alpha value is -4.94. The van der Waals surface area contributed by atoms with Gasteiger partial charge in [0.25, 0.3) is 5.91 Å². The van der Waals surface area contributed by atoms with Crippen molar-refractivity contribution in [2.24, 2.45) is 5.92 Å². The molecule has 2 aliphatic heterocycles. The number of aromatic amines is 1. The number of nitrogens with zero attached hydrogens (tertiary/aromatic N) is 2. The van der Waals surface area contributed by atoms with Crippen LogP contribution in [0.15, 0.2) is 30.5 Å². The van der Waals surface area contributed by atoms with Gasteiger partial charge in [0.1, 0.15) is 31.2 Å². The monoisotopic (exact) mass is 694 g/mol. The van der Waals surface area contributed by atoms with E-state index in [0.29, 0.717) is 25.2 Å². The van der Waals surface area contributed by atoms with Crippen molar-refractivity contribution in [3.8, 4) is 11.8 Å². The van der Waals surface area contributed by atoms with E-state index in [4.69, 9.17) is 4.74 Å². The summed E-state index contributed by atoms with van der Waals surface area (Å²) in [6.45, 7) is 6.95. The Labute approximate surface area is 291 Å². The molecule has 1 aromatic carbocycles. The molecule has 0 aliphatic carbocycles. The van der Waals surface area contributed by atoms with Crippen LogP contribution < -0.4 is 21.3 Å². The average molecular weight is 695 g/mol. The maximum absolute atomic E-state index is 14.1. The molecule has 2 fully saturated rings. The van der Waals surface area contributed by atoms with Gasteiger partial charge in [0.2, 0.25) is 23.6 Å². The van der Waals surface area contributed by atoms with Crippen molar-refractivity contribution < 1.29 is 43.1 Å². The van der Waals surface area contributed by atoms with Crippen LogP contribution in [0.25, 0.3) is 10.9 Å². The zero-order valence-electron chi connectivity index (χ0n) is 29.0. The summed E-state index contributed by atoms with van der Waals surface area (Å²) in [6, 6.07) is 2.18. The number of carboxylic acids is 1. The number of hydrogen-bond donors (Lipinski definition) is 6. The van der Waals surface area contributed by atoms with Crippen LogP contribution in [0.1, 0.15) is 45.1 Å². The van der Waals surface area contributed by atoms with E-state index in [1.807, 2.05) is 24.3 Å². The molecule has 4 unspecified atom stereocenters. The quantitative estimate of drug-likeness (QED) is 0.123. The number of H-pyrrole nitrogens is 1. The lowest BCUT2D eigenvalue weighted by atomic mass is 9.99. The highest BCUT2D eigenvalue weighted by molar-refractivity contribution is 5.99. The van der Waals surface area contributed by atoms with Crippen LogP contribution >= 0.6 is 0 Å². The number of quaternary nitrogens is 1. The highest BCUT2D eigenvalue weighted by atomic mass is 16.5. The second kappa shape index (κ2) is 17.1. The van der Waals surface area contributed by atoms with Gasteiger partial charge in [-0.25, -0.2) is 0 Å². The van der Waals surface area contributed by atoms with Crippen LogP contribution in [-0.4, -0.2) is 133 Å². The zero-order chi connectivity index (χ0) is 36.4. The number of morpholine rings is 1. The first-order chi connectivity index (χ1) is 23.8. The van der Waals surface area contributed by atoms with Gasteiger partial charge < -0.3 is 45.5 Å². The van der Waals surface area contributed by atoms with Gasteiger partial charge in [-0.1, -0.05) is 43.9 Å². The summed E-state index contributed by atoms with van der Waals surface area (Å²) in [5.74, 6) is 0.200. The lowest BCUT2D eigenvalue weighted by molar-refractivity contribution is -0.917. The van der Waals surface area contributed by atoms with Crippen LogP contribution in [0.4, 0.5) is 0 Å². The number of aromatic nitrogens is 1. The third-order valence-corrected chi connectivity index (χ3v) is 9.22. The number of unbranched alkanes of at least 4 members (excludes halogenated alkanes) is 1. The second-order valence-corrected chi connectivity index (χ2v) is 13.5. The topological polar surface area (TPSA) is 199 Å². The molecule has 270 valence electrons. The molecule has 3 heterocycles. The number of carbonyl (C=O) groups is 6. The van der Waals surface area contributed by atoms with E-state index in [-0.39, 0.29) is 6.42 Å². The summed E-state index contributed by atoms with van der Waals surface area (Å²) >= 11 is 0. The maximum atomic E-state index is 14.1. The Kier molecular flexibility index (Phi) is 13.0. The van der Waals surface area contributed by atoms with Crippen LogP contribution in [-0.2, 0) is 33.5 Å². The lowest BCUT2D eigenvalue weighted by Crippen LogP contribution is -2.59.